The van der Waals surface area contributed by atoms with Gasteiger partial charge in [-0.15, -0.1) is 0 Å². The summed E-state index contributed by atoms with van der Waals surface area (Å²) in [5, 5.41) is 10.0. The Labute approximate surface area is 91.9 Å². The topological polar surface area (TPSA) is 29.5 Å². The maximum Gasteiger partial charge on any atom is 0.0864 e. The first kappa shape index (κ1) is 12.2. The molecule has 1 aromatic rings. The van der Waals surface area contributed by atoms with Gasteiger partial charge in [-0.05, 0) is 12.5 Å². The summed E-state index contributed by atoms with van der Waals surface area (Å²) in [5.41, 5.74) is 0.869. The third-order valence-corrected chi connectivity index (χ3v) is 2.83. The van der Waals surface area contributed by atoms with Crippen LogP contribution in [0.25, 0.3) is 0 Å². The Bertz CT molecular complexity index is 280. The van der Waals surface area contributed by atoms with Crippen LogP contribution in [0.5, 0.6) is 0 Å². The van der Waals surface area contributed by atoms with Crippen LogP contribution in [-0.2, 0) is 10.2 Å². The summed E-state index contributed by atoms with van der Waals surface area (Å²) in [4.78, 5) is 0. The van der Waals surface area contributed by atoms with Crippen molar-refractivity contribution < 1.29 is 9.84 Å². The SMILES string of the molecule is CCOCC(O)C(C)(C)c1ccccc1. The predicted molar refractivity (Wildman–Crippen MR) is 62.0 cm³/mol. The van der Waals surface area contributed by atoms with Crippen molar-refractivity contribution in [2.24, 2.45) is 0 Å². The molecule has 0 spiro atoms. The molecule has 1 aromatic carbocycles. The maximum absolute atomic E-state index is 10.0. The lowest BCUT2D eigenvalue weighted by atomic mass is 9.80. The normalized spacial score (nSPS) is 13.9. The van der Waals surface area contributed by atoms with Gasteiger partial charge in [-0.3, -0.25) is 0 Å². The molecule has 2 nitrogen and oxygen atoms in total. The van der Waals surface area contributed by atoms with Crippen LogP contribution in [0.15, 0.2) is 30.3 Å². The minimum atomic E-state index is -0.472. The van der Waals surface area contributed by atoms with Crippen molar-refractivity contribution in [3.63, 3.8) is 0 Å². The highest BCUT2D eigenvalue weighted by Gasteiger charge is 2.29. The van der Waals surface area contributed by atoms with E-state index in [-0.39, 0.29) is 5.41 Å². The van der Waals surface area contributed by atoms with Crippen LogP contribution < -0.4 is 0 Å². The summed E-state index contributed by atoms with van der Waals surface area (Å²) < 4.78 is 5.25. The van der Waals surface area contributed by atoms with Crippen molar-refractivity contribution in [3.8, 4) is 0 Å². The molecule has 1 rings (SSSR count). The Morgan fingerprint density at radius 2 is 1.87 bits per heavy atom. The van der Waals surface area contributed by atoms with Crippen LogP contribution in [0.1, 0.15) is 26.3 Å². The van der Waals surface area contributed by atoms with Gasteiger partial charge in [-0.2, -0.15) is 0 Å². The molecular weight excluding hydrogens is 188 g/mol. The van der Waals surface area contributed by atoms with Crippen molar-refractivity contribution >= 4 is 0 Å². The van der Waals surface area contributed by atoms with Gasteiger partial charge < -0.3 is 9.84 Å². The van der Waals surface area contributed by atoms with E-state index in [1.54, 1.807) is 0 Å². The molecule has 0 radical (unpaired) electrons. The summed E-state index contributed by atoms with van der Waals surface area (Å²) >= 11 is 0. The highest BCUT2D eigenvalue weighted by atomic mass is 16.5. The Morgan fingerprint density at radius 3 is 2.40 bits per heavy atom. The predicted octanol–water partition coefficient (Wildman–Crippen LogP) is 2.36. The fourth-order valence-electron chi connectivity index (χ4n) is 1.50. The lowest BCUT2D eigenvalue weighted by Crippen LogP contribution is -2.37. The molecule has 0 saturated carbocycles. The molecule has 1 atom stereocenters. The molecule has 0 aromatic heterocycles. The van der Waals surface area contributed by atoms with Gasteiger partial charge in [0.15, 0.2) is 0 Å². The zero-order chi connectivity index (χ0) is 11.3. The Morgan fingerprint density at radius 1 is 1.27 bits per heavy atom. The number of benzene rings is 1. The molecule has 15 heavy (non-hydrogen) atoms. The lowest BCUT2D eigenvalue weighted by Gasteiger charge is -2.30. The quantitative estimate of drug-likeness (QED) is 0.805. The molecule has 2 heteroatoms. The lowest BCUT2D eigenvalue weighted by molar-refractivity contribution is 0.00447. The van der Waals surface area contributed by atoms with Crippen molar-refractivity contribution in [3.05, 3.63) is 35.9 Å². The number of aliphatic hydroxyl groups excluding tert-OH is 1. The molecule has 0 amide bonds. The van der Waals surface area contributed by atoms with E-state index in [1.807, 2.05) is 51.1 Å². The minimum Gasteiger partial charge on any atom is -0.390 e. The average molecular weight is 208 g/mol. The van der Waals surface area contributed by atoms with Gasteiger partial charge in [-0.1, -0.05) is 44.2 Å². The van der Waals surface area contributed by atoms with E-state index in [0.29, 0.717) is 13.2 Å². The van der Waals surface area contributed by atoms with Crippen LogP contribution in [0, 0.1) is 0 Å². The van der Waals surface area contributed by atoms with E-state index in [4.69, 9.17) is 4.74 Å². The molecule has 1 N–H and O–H groups in total. The standard InChI is InChI=1S/C13H20O2/c1-4-15-10-12(14)13(2,3)11-8-6-5-7-9-11/h5-9,12,14H,4,10H2,1-3H3. The van der Waals surface area contributed by atoms with E-state index in [2.05, 4.69) is 0 Å². The first-order chi connectivity index (χ1) is 7.09. The van der Waals surface area contributed by atoms with Gasteiger partial charge in [-0.25, -0.2) is 0 Å². The highest BCUT2D eigenvalue weighted by Crippen LogP contribution is 2.26. The van der Waals surface area contributed by atoms with E-state index < -0.39 is 6.10 Å². The van der Waals surface area contributed by atoms with Crippen LogP contribution in [0.2, 0.25) is 0 Å². The first-order valence-electron chi connectivity index (χ1n) is 5.40. The van der Waals surface area contributed by atoms with Gasteiger partial charge in [0, 0.05) is 12.0 Å². The second-order valence-corrected chi connectivity index (χ2v) is 4.26. The average Bonchev–Trinajstić information content (AvgIpc) is 2.27. The van der Waals surface area contributed by atoms with Crippen LogP contribution in [0.3, 0.4) is 0 Å². The Hall–Kier alpha value is -0.860. The highest BCUT2D eigenvalue weighted by molar-refractivity contribution is 5.24. The summed E-state index contributed by atoms with van der Waals surface area (Å²) in [6.07, 6.45) is -0.472. The maximum atomic E-state index is 10.0. The third kappa shape index (κ3) is 3.05. The smallest absolute Gasteiger partial charge is 0.0864 e. The fourth-order valence-corrected chi connectivity index (χ4v) is 1.50. The van der Waals surface area contributed by atoms with Crippen molar-refractivity contribution in [2.75, 3.05) is 13.2 Å². The molecular formula is C13H20O2. The van der Waals surface area contributed by atoms with Gasteiger partial charge in [0.05, 0.1) is 12.7 Å². The monoisotopic (exact) mass is 208 g/mol. The largest absolute Gasteiger partial charge is 0.390 e. The van der Waals surface area contributed by atoms with Crippen molar-refractivity contribution in [1.29, 1.82) is 0 Å². The molecule has 0 aliphatic heterocycles. The van der Waals surface area contributed by atoms with Gasteiger partial charge in [0.1, 0.15) is 0 Å². The summed E-state index contributed by atoms with van der Waals surface area (Å²) in [6.45, 7) is 7.03. The molecule has 0 fully saturated rings. The Kier molecular flexibility index (Phi) is 4.30. The number of ether oxygens (including phenoxy) is 1. The fraction of sp³-hybridized carbons (Fsp3) is 0.538. The van der Waals surface area contributed by atoms with E-state index in [9.17, 15) is 5.11 Å². The Balaban J connectivity index is 2.73. The third-order valence-electron chi connectivity index (χ3n) is 2.83. The second-order valence-electron chi connectivity index (χ2n) is 4.26. The zero-order valence-corrected chi connectivity index (χ0v) is 9.73. The van der Waals surface area contributed by atoms with Crippen molar-refractivity contribution in [1.82, 2.24) is 0 Å². The minimum absolute atomic E-state index is 0.267. The molecule has 0 aliphatic carbocycles. The van der Waals surface area contributed by atoms with E-state index in [0.717, 1.165) is 5.56 Å². The first-order valence-corrected chi connectivity index (χ1v) is 5.40. The van der Waals surface area contributed by atoms with Gasteiger partial charge in [0.2, 0.25) is 0 Å². The number of rotatable bonds is 5. The van der Waals surface area contributed by atoms with Crippen LogP contribution >= 0.6 is 0 Å². The van der Waals surface area contributed by atoms with Crippen LogP contribution in [-0.4, -0.2) is 24.4 Å². The summed E-state index contributed by atoms with van der Waals surface area (Å²) in [5.74, 6) is 0. The van der Waals surface area contributed by atoms with E-state index >= 15 is 0 Å². The molecule has 0 heterocycles. The summed E-state index contributed by atoms with van der Waals surface area (Å²) in [7, 11) is 0. The molecule has 84 valence electrons. The number of aliphatic hydroxyl groups is 1. The second kappa shape index (κ2) is 5.29. The van der Waals surface area contributed by atoms with Gasteiger partial charge >= 0.3 is 0 Å². The number of hydrogen-bond acceptors (Lipinski definition) is 2. The summed E-state index contributed by atoms with van der Waals surface area (Å²) in [6, 6.07) is 10.0. The molecule has 0 aliphatic rings. The van der Waals surface area contributed by atoms with Crippen molar-refractivity contribution in [2.45, 2.75) is 32.3 Å². The van der Waals surface area contributed by atoms with E-state index in [1.165, 1.54) is 0 Å². The zero-order valence-electron chi connectivity index (χ0n) is 9.73. The molecule has 0 saturated heterocycles. The number of hydrogen-bond donors (Lipinski definition) is 1. The van der Waals surface area contributed by atoms with Crippen LogP contribution in [0.4, 0.5) is 0 Å². The molecule has 0 bridgehead atoms. The molecule has 1 unspecified atom stereocenters. The van der Waals surface area contributed by atoms with Gasteiger partial charge in [0.25, 0.3) is 0 Å².